The summed E-state index contributed by atoms with van der Waals surface area (Å²) in [5.41, 5.74) is 5.07. The SMILES string of the molecule is CCCCN(CC(N)=O)S(=O)(=O)c1cnc(Cl)nc1. The van der Waals surface area contributed by atoms with Gasteiger partial charge in [-0.25, -0.2) is 18.4 Å². The summed E-state index contributed by atoms with van der Waals surface area (Å²) in [5, 5.41) is -0.0473. The van der Waals surface area contributed by atoms with Crippen LogP contribution < -0.4 is 5.73 Å². The largest absolute Gasteiger partial charge is 0.369 e. The Kier molecular flexibility index (Phi) is 5.64. The van der Waals surface area contributed by atoms with Crippen molar-refractivity contribution in [1.29, 1.82) is 0 Å². The minimum absolute atomic E-state index is 0.0473. The van der Waals surface area contributed by atoms with Gasteiger partial charge in [0.2, 0.25) is 21.2 Å². The Morgan fingerprint density at radius 3 is 2.47 bits per heavy atom. The summed E-state index contributed by atoms with van der Waals surface area (Å²) >= 11 is 5.50. The first-order chi connectivity index (χ1) is 8.87. The number of halogens is 1. The minimum atomic E-state index is -3.84. The van der Waals surface area contributed by atoms with Crippen molar-refractivity contribution in [2.24, 2.45) is 5.73 Å². The minimum Gasteiger partial charge on any atom is -0.369 e. The fraction of sp³-hybridized carbons (Fsp3) is 0.500. The Bertz CT molecular complexity index is 532. The summed E-state index contributed by atoms with van der Waals surface area (Å²) in [7, 11) is -3.84. The number of sulfonamides is 1. The summed E-state index contributed by atoms with van der Waals surface area (Å²) < 4.78 is 25.6. The highest BCUT2D eigenvalue weighted by molar-refractivity contribution is 7.89. The van der Waals surface area contributed by atoms with Gasteiger partial charge in [0, 0.05) is 6.54 Å². The Balaban J connectivity index is 3.03. The molecule has 0 bridgehead atoms. The molecule has 0 radical (unpaired) electrons. The van der Waals surface area contributed by atoms with Crippen molar-refractivity contribution in [1.82, 2.24) is 14.3 Å². The van der Waals surface area contributed by atoms with Crippen molar-refractivity contribution in [3.8, 4) is 0 Å². The monoisotopic (exact) mass is 306 g/mol. The van der Waals surface area contributed by atoms with Crippen molar-refractivity contribution in [2.45, 2.75) is 24.7 Å². The molecule has 19 heavy (non-hydrogen) atoms. The maximum absolute atomic E-state index is 12.3. The number of aromatic nitrogens is 2. The predicted octanol–water partition coefficient (Wildman–Crippen LogP) is 0.406. The van der Waals surface area contributed by atoms with Gasteiger partial charge < -0.3 is 5.73 Å². The quantitative estimate of drug-likeness (QED) is 0.734. The number of carbonyl (C=O) groups excluding carboxylic acids is 1. The molecule has 0 aliphatic rings. The smallest absolute Gasteiger partial charge is 0.246 e. The first kappa shape index (κ1) is 15.8. The third-order valence-corrected chi connectivity index (χ3v) is 4.32. The van der Waals surface area contributed by atoms with Crippen LogP contribution in [0, 0.1) is 0 Å². The van der Waals surface area contributed by atoms with E-state index in [0.717, 1.165) is 23.1 Å². The molecular formula is C10H15ClN4O3S. The van der Waals surface area contributed by atoms with E-state index in [2.05, 4.69) is 9.97 Å². The van der Waals surface area contributed by atoms with Crippen LogP contribution in [0.1, 0.15) is 19.8 Å². The van der Waals surface area contributed by atoms with Crippen LogP contribution in [0.5, 0.6) is 0 Å². The molecule has 0 atom stereocenters. The van der Waals surface area contributed by atoms with Gasteiger partial charge in [0.15, 0.2) is 0 Å². The average Bonchev–Trinajstić information content (AvgIpc) is 2.34. The number of carbonyl (C=O) groups is 1. The summed E-state index contributed by atoms with van der Waals surface area (Å²) in [6, 6.07) is 0. The van der Waals surface area contributed by atoms with Crippen LogP contribution in [0.3, 0.4) is 0 Å². The Morgan fingerprint density at radius 1 is 1.42 bits per heavy atom. The number of primary amides is 1. The van der Waals surface area contributed by atoms with E-state index in [0.29, 0.717) is 6.42 Å². The van der Waals surface area contributed by atoms with Gasteiger partial charge in [-0.05, 0) is 18.0 Å². The molecule has 0 unspecified atom stereocenters. The van der Waals surface area contributed by atoms with Gasteiger partial charge in [0.05, 0.1) is 18.9 Å². The van der Waals surface area contributed by atoms with Gasteiger partial charge in [0.25, 0.3) is 0 Å². The van der Waals surface area contributed by atoms with Crippen molar-refractivity contribution < 1.29 is 13.2 Å². The number of unbranched alkanes of at least 4 members (excludes halogenated alkanes) is 1. The van der Waals surface area contributed by atoms with Crippen LogP contribution >= 0.6 is 11.6 Å². The van der Waals surface area contributed by atoms with Crippen LogP contribution in [0.4, 0.5) is 0 Å². The Labute approximate surface area is 116 Å². The zero-order valence-electron chi connectivity index (χ0n) is 10.4. The molecule has 9 heteroatoms. The van der Waals surface area contributed by atoms with E-state index in [9.17, 15) is 13.2 Å². The molecule has 0 saturated heterocycles. The maximum Gasteiger partial charge on any atom is 0.246 e. The highest BCUT2D eigenvalue weighted by Crippen LogP contribution is 2.15. The summed E-state index contributed by atoms with van der Waals surface area (Å²) in [6.07, 6.45) is 3.62. The molecule has 1 aromatic rings. The van der Waals surface area contributed by atoms with E-state index in [4.69, 9.17) is 17.3 Å². The predicted molar refractivity (Wildman–Crippen MR) is 69.9 cm³/mol. The van der Waals surface area contributed by atoms with Gasteiger partial charge >= 0.3 is 0 Å². The molecule has 0 aliphatic carbocycles. The lowest BCUT2D eigenvalue weighted by molar-refractivity contribution is -0.118. The molecular weight excluding hydrogens is 292 g/mol. The fourth-order valence-electron chi connectivity index (χ4n) is 1.38. The Hall–Kier alpha value is -1.25. The van der Waals surface area contributed by atoms with Crippen LogP contribution in [0.2, 0.25) is 5.28 Å². The highest BCUT2D eigenvalue weighted by Gasteiger charge is 2.26. The molecule has 7 nitrogen and oxygen atoms in total. The highest BCUT2D eigenvalue weighted by atomic mass is 35.5. The molecule has 0 saturated carbocycles. The van der Waals surface area contributed by atoms with E-state index < -0.39 is 15.9 Å². The normalized spacial score (nSPS) is 11.7. The molecule has 1 rings (SSSR count). The van der Waals surface area contributed by atoms with E-state index in [1.165, 1.54) is 0 Å². The van der Waals surface area contributed by atoms with Crippen LogP contribution in [0.15, 0.2) is 17.3 Å². The third-order valence-electron chi connectivity index (χ3n) is 2.33. The average molecular weight is 307 g/mol. The number of rotatable bonds is 7. The van der Waals surface area contributed by atoms with Crippen molar-refractivity contribution in [3.05, 3.63) is 17.7 Å². The van der Waals surface area contributed by atoms with E-state index in [-0.39, 0.29) is 23.3 Å². The summed E-state index contributed by atoms with van der Waals surface area (Å²) in [5.74, 6) is -0.713. The standard InChI is InChI=1S/C10H15ClN4O3S/c1-2-3-4-15(7-9(12)16)19(17,18)8-5-13-10(11)14-6-8/h5-6H,2-4,7H2,1H3,(H2,12,16). The van der Waals surface area contributed by atoms with Crippen molar-refractivity contribution >= 4 is 27.5 Å². The number of hydrogen-bond acceptors (Lipinski definition) is 5. The van der Waals surface area contributed by atoms with Crippen molar-refractivity contribution in [3.63, 3.8) is 0 Å². The molecule has 0 aliphatic heterocycles. The molecule has 2 N–H and O–H groups in total. The molecule has 1 heterocycles. The lowest BCUT2D eigenvalue weighted by Gasteiger charge is -2.20. The summed E-state index contributed by atoms with van der Waals surface area (Å²) in [4.78, 5) is 18.1. The van der Waals surface area contributed by atoms with Crippen LogP contribution in [0.25, 0.3) is 0 Å². The molecule has 0 spiro atoms. The maximum atomic E-state index is 12.3. The second kappa shape index (κ2) is 6.78. The van der Waals surface area contributed by atoms with Gasteiger partial charge in [-0.15, -0.1) is 0 Å². The third kappa shape index (κ3) is 4.41. The van der Waals surface area contributed by atoms with E-state index in [1.54, 1.807) is 0 Å². The molecule has 0 aromatic carbocycles. The lowest BCUT2D eigenvalue weighted by atomic mass is 10.3. The molecule has 1 amide bonds. The van der Waals surface area contributed by atoms with Crippen molar-refractivity contribution in [2.75, 3.05) is 13.1 Å². The second-order valence-electron chi connectivity index (χ2n) is 3.85. The Morgan fingerprint density at radius 2 is 2.00 bits per heavy atom. The topological polar surface area (TPSA) is 106 Å². The fourth-order valence-corrected chi connectivity index (χ4v) is 2.81. The van der Waals surface area contributed by atoms with Crippen LogP contribution in [-0.2, 0) is 14.8 Å². The van der Waals surface area contributed by atoms with E-state index >= 15 is 0 Å². The number of nitrogens with zero attached hydrogens (tertiary/aromatic N) is 3. The van der Waals surface area contributed by atoms with Gasteiger partial charge in [-0.2, -0.15) is 4.31 Å². The zero-order chi connectivity index (χ0) is 14.5. The van der Waals surface area contributed by atoms with E-state index in [1.807, 2.05) is 6.92 Å². The first-order valence-electron chi connectivity index (χ1n) is 5.64. The second-order valence-corrected chi connectivity index (χ2v) is 6.12. The molecule has 1 aromatic heterocycles. The van der Waals surface area contributed by atoms with Gasteiger partial charge in [-0.1, -0.05) is 13.3 Å². The van der Waals surface area contributed by atoms with Gasteiger partial charge in [-0.3, -0.25) is 4.79 Å². The zero-order valence-corrected chi connectivity index (χ0v) is 12.0. The molecule has 106 valence electrons. The lowest BCUT2D eigenvalue weighted by Crippen LogP contribution is -2.39. The molecule has 0 fully saturated rings. The number of hydrogen-bond donors (Lipinski definition) is 1. The first-order valence-corrected chi connectivity index (χ1v) is 7.45. The summed E-state index contributed by atoms with van der Waals surface area (Å²) in [6.45, 7) is 1.76. The number of amides is 1. The van der Waals surface area contributed by atoms with Crippen LogP contribution in [-0.4, -0.2) is 41.7 Å². The number of nitrogens with two attached hydrogens (primary N) is 1. The van der Waals surface area contributed by atoms with Gasteiger partial charge in [0.1, 0.15) is 4.90 Å².